The zero-order valence-corrected chi connectivity index (χ0v) is 12.9. The summed E-state index contributed by atoms with van der Waals surface area (Å²) in [5, 5.41) is 22.3. The number of carbonyl (C=O) groups excluding carboxylic acids is 1. The van der Waals surface area contributed by atoms with Crippen LogP contribution in [0.5, 0.6) is 0 Å². The van der Waals surface area contributed by atoms with E-state index in [2.05, 4.69) is 6.92 Å². The second-order valence-electron chi connectivity index (χ2n) is 5.46. The predicted molar refractivity (Wildman–Crippen MR) is 81.1 cm³/mol. The van der Waals surface area contributed by atoms with E-state index in [0.29, 0.717) is 17.8 Å². The standard InChI is InChI=1S/C15H24N2O4/c1-4-5-10-16(19)14-8-6-13(7-9-14)15(18)21-12-11-17(2,3)20/h6-9,19H,4-5,10-12H2,1-3H3. The highest BCUT2D eigenvalue weighted by Gasteiger charge is 2.10. The van der Waals surface area contributed by atoms with Gasteiger partial charge in [-0.1, -0.05) is 13.3 Å². The third kappa shape index (κ3) is 6.57. The second kappa shape index (κ2) is 7.97. The largest absolute Gasteiger partial charge is 0.633 e. The average Bonchev–Trinajstić information content (AvgIpc) is 2.43. The van der Waals surface area contributed by atoms with Crippen molar-refractivity contribution in [2.45, 2.75) is 19.8 Å². The van der Waals surface area contributed by atoms with Crippen molar-refractivity contribution >= 4 is 11.7 Å². The van der Waals surface area contributed by atoms with E-state index in [1.54, 1.807) is 24.3 Å². The van der Waals surface area contributed by atoms with Crippen molar-refractivity contribution in [3.63, 3.8) is 0 Å². The van der Waals surface area contributed by atoms with Gasteiger partial charge in [-0.3, -0.25) is 10.3 Å². The lowest BCUT2D eigenvalue weighted by molar-refractivity contribution is -0.840. The first-order chi connectivity index (χ1) is 9.83. The van der Waals surface area contributed by atoms with Gasteiger partial charge in [-0.25, -0.2) is 4.79 Å². The molecule has 0 aliphatic rings. The maximum Gasteiger partial charge on any atom is 0.338 e. The van der Waals surface area contributed by atoms with E-state index in [1.165, 1.54) is 14.1 Å². The van der Waals surface area contributed by atoms with Gasteiger partial charge in [0.05, 0.1) is 25.3 Å². The minimum atomic E-state index is -0.497. The molecule has 0 fully saturated rings. The van der Waals surface area contributed by atoms with Gasteiger partial charge in [-0.2, -0.15) is 0 Å². The second-order valence-corrected chi connectivity index (χ2v) is 5.46. The molecule has 0 aromatic heterocycles. The smallest absolute Gasteiger partial charge is 0.338 e. The average molecular weight is 296 g/mol. The molecule has 0 aliphatic heterocycles. The van der Waals surface area contributed by atoms with Crippen LogP contribution in [-0.4, -0.2) is 49.6 Å². The summed E-state index contributed by atoms with van der Waals surface area (Å²) in [6.07, 6.45) is 1.89. The van der Waals surface area contributed by atoms with Crippen molar-refractivity contribution < 1.29 is 19.4 Å². The summed E-state index contributed by atoms with van der Waals surface area (Å²) in [7, 11) is 2.99. The number of quaternary nitrogens is 1. The monoisotopic (exact) mass is 296 g/mol. The highest BCUT2D eigenvalue weighted by Crippen LogP contribution is 2.15. The predicted octanol–water partition coefficient (Wildman–Crippen LogP) is 2.41. The van der Waals surface area contributed by atoms with Crippen LogP contribution >= 0.6 is 0 Å². The zero-order chi connectivity index (χ0) is 15.9. The first-order valence-electron chi connectivity index (χ1n) is 7.11. The molecule has 0 atom stereocenters. The van der Waals surface area contributed by atoms with Crippen molar-refractivity contribution in [1.29, 1.82) is 0 Å². The summed E-state index contributed by atoms with van der Waals surface area (Å²) in [4.78, 5) is 11.8. The number of unbranched alkanes of at least 4 members (excludes halogenated alkanes) is 1. The minimum Gasteiger partial charge on any atom is -0.633 e. The van der Waals surface area contributed by atoms with Crippen molar-refractivity contribution in [3.8, 4) is 0 Å². The quantitative estimate of drug-likeness (QED) is 0.453. The number of ether oxygens (including phenoxy) is 1. The summed E-state index contributed by atoms with van der Waals surface area (Å²) < 4.78 is 4.54. The van der Waals surface area contributed by atoms with Crippen molar-refractivity contribution in [2.75, 3.05) is 38.9 Å². The molecule has 21 heavy (non-hydrogen) atoms. The molecular weight excluding hydrogens is 272 g/mol. The van der Waals surface area contributed by atoms with Gasteiger partial charge >= 0.3 is 5.97 Å². The van der Waals surface area contributed by atoms with Crippen LogP contribution in [0.1, 0.15) is 30.1 Å². The van der Waals surface area contributed by atoms with Gasteiger partial charge in [0.1, 0.15) is 13.2 Å². The summed E-state index contributed by atoms with van der Waals surface area (Å²) in [6, 6.07) is 6.54. The van der Waals surface area contributed by atoms with Gasteiger partial charge < -0.3 is 14.6 Å². The molecule has 1 aromatic carbocycles. The molecule has 0 bridgehead atoms. The molecule has 0 saturated carbocycles. The number of esters is 1. The Balaban J connectivity index is 2.51. The molecule has 0 spiro atoms. The van der Waals surface area contributed by atoms with Crippen LogP contribution in [-0.2, 0) is 4.74 Å². The highest BCUT2D eigenvalue weighted by atomic mass is 16.6. The zero-order valence-electron chi connectivity index (χ0n) is 12.9. The van der Waals surface area contributed by atoms with E-state index in [1.807, 2.05) is 0 Å². The van der Waals surface area contributed by atoms with Crippen molar-refractivity contribution in [2.24, 2.45) is 0 Å². The van der Waals surface area contributed by atoms with Crippen molar-refractivity contribution in [3.05, 3.63) is 35.0 Å². The number of anilines is 1. The third-order valence-corrected chi connectivity index (χ3v) is 2.99. The molecule has 1 rings (SSSR count). The van der Waals surface area contributed by atoms with E-state index in [9.17, 15) is 15.2 Å². The lowest BCUT2D eigenvalue weighted by atomic mass is 10.2. The molecule has 0 saturated heterocycles. The maximum absolute atomic E-state index is 11.8. The Kier molecular flexibility index (Phi) is 6.61. The van der Waals surface area contributed by atoms with Crippen LogP contribution in [0.2, 0.25) is 0 Å². The summed E-state index contributed by atoms with van der Waals surface area (Å²) in [5.41, 5.74) is 1.04. The Hall–Kier alpha value is -1.63. The fraction of sp³-hybridized carbons (Fsp3) is 0.533. The number of hydrogen-bond acceptors (Lipinski definition) is 5. The summed E-state index contributed by atoms with van der Waals surface area (Å²) in [5.74, 6) is -0.465. The first kappa shape index (κ1) is 17.4. The van der Waals surface area contributed by atoms with Crippen LogP contribution in [0.4, 0.5) is 5.69 Å². The lowest BCUT2D eigenvalue weighted by Gasteiger charge is -2.33. The minimum absolute atomic E-state index is 0.0830. The SMILES string of the molecule is CCCCN(O)c1ccc(C(=O)OCC[N+](C)(C)[O-])cc1. The van der Waals surface area contributed by atoms with E-state index in [4.69, 9.17) is 4.74 Å². The summed E-state index contributed by atoms with van der Waals surface area (Å²) in [6.45, 7) is 2.90. The number of likely N-dealkylation sites (N-methyl/N-ethyl adjacent to an activating group) is 1. The van der Waals surface area contributed by atoms with E-state index >= 15 is 0 Å². The molecule has 0 aliphatic carbocycles. The molecule has 0 unspecified atom stereocenters. The maximum atomic E-state index is 11.8. The Morgan fingerprint density at radius 2 is 1.95 bits per heavy atom. The molecule has 1 aromatic rings. The van der Waals surface area contributed by atoms with Crippen LogP contribution < -0.4 is 5.06 Å². The Labute approximate surface area is 125 Å². The molecule has 6 heteroatoms. The first-order valence-corrected chi connectivity index (χ1v) is 7.11. The Morgan fingerprint density at radius 1 is 1.33 bits per heavy atom. The van der Waals surface area contributed by atoms with Crippen LogP contribution in [0.15, 0.2) is 24.3 Å². The molecule has 0 heterocycles. The number of hydrogen-bond donors (Lipinski definition) is 1. The number of carbonyl (C=O) groups is 1. The van der Waals surface area contributed by atoms with E-state index in [-0.39, 0.29) is 13.2 Å². The molecular formula is C15H24N2O4. The van der Waals surface area contributed by atoms with Crippen molar-refractivity contribution in [1.82, 2.24) is 0 Å². The fourth-order valence-electron chi connectivity index (χ4n) is 1.65. The van der Waals surface area contributed by atoms with E-state index < -0.39 is 10.6 Å². The van der Waals surface area contributed by atoms with Crippen LogP contribution in [0.25, 0.3) is 0 Å². The van der Waals surface area contributed by atoms with Crippen LogP contribution in [0.3, 0.4) is 0 Å². The lowest BCUT2D eigenvalue weighted by Crippen LogP contribution is -2.36. The number of rotatable bonds is 8. The van der Waals surface area contributed by atoms with Gasteiger partial charge in [0.2, 0.25) is 0 Å². The van der Waals surface area contributed by atoms with Gasteiger partial charge in [0, 0.05) is 6.54 Å². The van der Waals surface area contributed by atoms with Gasteiger partial charge in [-0.05, 0) is 30.7 Å². The van der Waals surface area contributed by atoms with Gasteiger partial charge in [0.15, 0.2) is 0 Å². The van der Waals surface area contributed by atoms with E-state index in [0.717, 1.165) is 17.9 Å². The summed E-state index contributed by atoms with van der Waals surface area (Å²) >= 11 is 0. The molecule has 118 valence electrons. The molecule has 1 N–H and O–H groups in total. The Morgan fingerprint density at radius 3 is 2.48 bits per heavy atom. The molecule has 0 radical (unpaired) electrons. The number of hydroxylamine groups is 4. The fourth-order valence-corrected chi connectivity index (χ4v) is 1.65. The van der Waals surface area contributed by atoms with Gasteiger partial charge in [-0.15, -0.1) is 0 Å². The topological polar surface area (TPSA) is 72.8 Å². The molecule has 0 amide bonds. The number of nitrogens with zero attached hydrogens (tertiary/aromatic N) is 2. The third-order valence-electron chi connectivity index (χ3n) is 2.99. The number of benzene rings is 1. The Bertz CT molecular complexity index is 440. The normalized spacial score (nSPS) is 11.3. The molecule has 6 nitrogen and oxygen atoms in total. The van der Waals surface area contributed by atoms with Crippen LogP contribution in [0, 0.1) is 5.21 Å². The highest BCUT2D eigenvalue weighted by molar-refractivity contribution is 5.89. The van der Waals surface area contributed by atoms with Gasteiger partial charge in [0.25, 0.3) is 0 Å².